The van der Waals surface area contributed by atoms with Crippen LogP contribution >= 0.6 is 11.3 Å². The average molecular weight is 283 g/mol. The molecule has 0 saturated carbocycles. The molecule has 0 bridgehead atoms. The van der Waals surface area contributed by atoms with Crippen molar-refractivity contribution >= 4 is 17.2 Å². The minimum atomic E-state index is -0.203. The molecule has 0 saturated heterocycles. The molecule has 1 heterocycles. The molecule has 1 rings (SSSR count). The zero-order valence-electron chi connectivity index (χ0n) is 10.8. The maximum atomic E-state index is 12.2. The molecule has 0 unspecified atom stereocenters. The monoisotopic (exact) mass is 283 g/mol. The predicted molar refractivity (Wildman–Crippen MR) is 73.1 cm³/mol. The van der Waals surface area contributed by atoms with Gasteiger partial charge in [-0.05, 0) is 12.1 Å². The van der Waals surface area contributed by atoms with Crippen molar-refractivity contribution in [3.63, 3.8) is 0 Å². The van der Waals surface area contributed by atoms with E-state index >= 15 is 0 Å². The SMILES string of the molecule is COCCN(CCO)C(=O)c1ccc(C#CCO)s1. The summed E-state index contributed by atoms with van der Waals surface area (Å²) in [6.45, 7) is 0.848. The maximum absolute atomic E-state index is 12.2. The first kappa shape index (κ1) is 15.7. The van der Waals surface area contributed by atoms with Crippen molar-refractivity contribution in [1.29, 1.82) is 0 Å². The summed E-state index contributed by atoms with van der Waals surface area (Å²) in [6, 6.07) is 3.44. The molecule has 19 heavy (non-hydrogen) atoms. The van der Waals surface area contributed by atoms with Crippen LogP contribution in [-0.2, 0) is 4.74 Å². The highest BCUT2D eigenvalue weighted by Crippen LogP contribution is 2.17. The quantitative estimate of drug-likeness (QED) is 0.730. The van der Waals surface area contributed by atoms with Gasteiger partial charge in [0.25, 0.3) is 5.91 Å². The minimum Gasteiger partial charge on any atom is -0.395 e. The van der Waals surface area contributed by atoms with E-state index in [1.54, 1.807) is 24.1 Å². The van der Waals surface area contributed by atoms with Crippen molar-refractivity contribution in [2.75, 3.05) is 40.0 Å². The van der Waals surface area contributed by atoms with Gasteiger partial charge in [-0.1, -0.05) is 11.8 Å². The van der Waals surface area contributed by atoms with Crippen LogP contribution in [0.25, 0.3) is 0 Å². The Morgan fingerprint density at radius 1 is 1.42 bits per heavy atom. The van der Waals surface area contributed by atoms with E-state index in [0.29, 0.717) is 18.0 Å². The van der Waals surface area contributed by atoms with Gasteiger partial charge in [0.15, 0.2) is 0 Å². The average Bonchev–Trinajstić information content (AvgIpc) is 2.89. The lowest BCUT2D eigenvalue weighted by Gasteiger charge is -2.20. The van der Waals surface area contributed by atoms with Crippen molar-refractivity contribution in [2.24, 2.45) is 0 Å². The predicted octanol–water partition coefficient (Wildman–Crippen LogP) is 0.173. The molecule has 1 amide bonds. The number of hydrogen-bond acceptors (Lipinski definition) is 5. The molecule has 104 valence electrons. The highest BCUT2D eigenvalue weighted by Gasteiger charge is 2.16. The Bertz CT molecular complexity index is 461. The molecule has 6 heteroatoms. The zero-order chi connectivity index (χ0) is 14.1. The van der Waals surface area contributed by atoms with Gasteiger partial charge in [0.05, 0.1) is 23.0 Å². The van der Waals surface area contributed by atoms with E-state index < -0.39 is 0 Å². The van der Waals surface area contributed by atoms with Crippen LogP contribution in [0.1, 0.15) is 14.5 Å². The standard InChI is InChI=1S/C13H17NO4S/c1-18-10-7-14(6-9-16)13(17)12-5-4-11(19-12)3-2-8-15/h4-5,15-16H,6-10H2,1H3. The lowest BCUT2D eigenvalue weighted by Crippen LogP contribution is -2.35. The van der Waals surface area contributed by atoms with Crippen molar-refractivity contribution in [3.05, 3.63) is 21.9 Å². The van der Waals surface area contributed by atoms with E-state index in [-0.39, 0.29) is 25.7 Å². The molecule has 0 atom stereocenters. The van der Waals surface area contributed by atoms with Gasteiger partial charge in [-0.3, -0.25) is 4.79 Å². The van der Waals surface area contributed by atoms with E-state index in [1.807, 2.05) is 0 Å². The number of carbonyl (C=O) groups excluding carboxylic acids is 1. The molecule has 2 N–H and O–H groups in total. The zero-order valence-corrected chi connectivity index (χ0v) is 11.6. The number of carbonyl (C=O) groups is 1. The highest BCUT2D eigenvalue weighted by atomic mass is 32.1. The van der Waals surface area contributed by atoms with Crippen LogP contribution in [0.4, 0.5) is 0 Å². The summed E-state index contributed by atoms with van der Waals surface area (Å²) >= 11 is 1.27. The molecule has 0 aliphatic rings. The summed E-state index contributed by atoms with van der Waals surface area (Å²) in [5.74, 6) is 5.15. The van der Waals surface area contributed by atoms with E-state index in [9.17, 15) is 4.79 Å². The minimum absolute atomic E-state index is 0.0853. The van der Waals surface area contributed by atoms with Crippen molar-refractivity contribution in [3.8, 4) is 11.8 Å². The largest absolute Gasteiger partial charge is 0.395 e. The Morgan fingerprint density at radius 3 is 2.84 bits per heavy atom. The van der Waals surface area contributed by atoms with Crippen LogP contribution in [0.5, 0.6) is 0 Å². The summed E-state index contributed by atoms with van der Waals surface area (Å²) in [5, 5.41) is 17.6. The smallest absolute Gasteiger partial charge is 0.264 e. The number of aliphatic hydroxyl groups excluding tert-OH is 2. The fourth-order valence-corrected chi connectivity index (χ4v) is 2.29. The Balaban J connectivity index is 2.75. The number of hydrogen-bond donors (Lipinski definition) is 2. The van der Waals surface area contributed by atoms with Gasteiger partial charge in [0, 0.05) is 20.2 Å². The van der Waals surface area contributed by atoms with Crippen molar-refractivity contribution < 1.29 is 19.7 Å². The summed E-state index contributed by atoms with van der Waals surface area (Å²) in [4.78, 5) is 15.0. The van der Waals surface area contributed by atoms with E-state index in [1.165, 1.54) is 11.3 Å². The number of aliphatic hydroxyl groups is 2. The van der Waals surface area contributed by atoms with Gasteiger partial charge in [-0.2, -0.15) is 0 Å². The third-order valence-electron chi connectivity index (χ3n) is 2.33. The normalized spacial score (nSPS) is 9.84. The first-order valence-corrected chi connectivity index (χ1v) is 6.63. The van der Waals surface area contributed by atoms with Gasteiger partial charge >= 0.3 is 0 Å². The Morgan fingerprint density at radius 2 is 2.21 bits per heavy atom. The van der Waals surface area contributed by atoms with Crippen LogP contribution < -0.4 is 0 Å². The van der Waals surface area contributed by atoms with E-state index in [2.05, 4.69) is 11.8 Å². The van der Waals surface area contributed by atoms with E-state index in [0.717, 1.165) is 4.88 Å². The number of thiophene rings is 1. The maximum Gasteiger partial charge on any atom is 0.264 e. The van der Waals surface area contributed by atoms with E-state index in [4.69, 9.17) is 14.9 Å². The molecular formula is C13H17NO4S. The fraction of sp³-hybridized carbons (Fsp3) is 0.462. The number of methoxy groups -OCH3 is 1. The van der Waals surface area contributed by atoms with Gasteiger partial charge in [0.2, 0.25) is 0 Å². The lowest BCUT2D eigenvalue weighted by molar-refractivity contribution is 0.0661. The number of nitrogens with zero attached hydrogens (tertiary/aromatic N) is 1. The van der Waals surface area contributed by atoms with Crippen molar-refractivity contribution in [1.82, 2.24) is 4.90 Å². The van der Waals surface area contributed by atoms with Gasteiger partial charge < -0.3 is 19.8 Å². The second-order valence-corrected chi connectivity index (χ2v) is 4.72. The second-order valence-electron chi connectivity index (χ2n) is 3.63. The Labute approximate surface area is 116 Å². The molecule has 1 aromatic heterocycles. The second kappa shape index (κ2) is 8.67. The summed E-state index contributed by atoms with van der Waals surface area (Å²) in [7, 11) is 1.56. The molecule has 0 spiro atoms. The third kappa shape index (κ3) is 5.01. The molecular weight excluding hydrogens is 266 g/mol. The highest BCUT2D eigenvalue weighted by molar-refractivity contribution is 7.14. The van der Waals surface area contributed by atoms with Gasteiger partial charge in [-0.25, -0.2) is 0 Å². The summed E-state index contributed by atoms with van der Waals surface area (Å²) in [5.41, 5.74) is 0. The molecule has 0 aliphatic carbocycles. The Kier molecular flexibility index (Phi) is 7.15. The molecule has 5 nitrogen and oxygen atoms in total. The van der Waals surface area contributed by atoms with Crippen LogP contribution in [0.15, 0.2) is 12.1 Å². The van der Waals surface area contributed by atoms with Gasteiger partial charge in [-0.15, -0.1) is 11.3 Å². The third-order valence-corrected chi connectivity index (χ3v) is 3.32. The van der Waals surface area contributed by atoms with Crippen molar-refractivity contribution in [2.45, 2.75) is 0 Å². The topological polar surface area (TPSA) is 70.0 Å². The molecule has 1 aromatic rings. The lowest BCUT2D eigenvalue weighted by atomic mass is 10.3. The molecule has 0 aliphatic heterocycles. The molecule has 0 radical (unpaired) electrons. The van der Waals surface area contributed by atoms with Crippen LogP contribution in [0.2, 0.25) is 0 Å². The summed E-state index contributed by atoms with van der Waals surface area (Å²) < 4.78 is 4.94. The number of ether oxygens (including phenoxy) is 1. The first-order valence-electron chi connectivity index (χ1n) is 5.81. The first-order chi connectivity index (χ1) is 9.22. The number of rotatable bonds is 6. The van der Waals surface area contributed by atoms with Crippen LogP contribution in [-0.4, -0.2) is 61.0 Å². The Hall–Kier alpha value is -1.39. The fourth-order valence-electron chi connectivity index (χ4n) is 1.44. The van der Waals surface area contributed by atoms with Crippen LogP contribution in [0, 0.1) is 11.8 Å². The van der Waals surface area contributed by atoms with Gasteiger partial charge in [0.1, 0.15) is 6.61 Å². The molecule has 0 fully saturated rings. The number of amides is 1. The van der Waals surface area contributed by atoms with Crippen LogP contribution in [0.3, 0.4) is 0 Å². The molecule has 0 aromatic carbocycles. The summed E-state index contributed by atoms with van der Waals surface area (Å²) in [6.07, 6.45) is 0.